The second-order valence-corrected chi connectivity index (χ2v) is 11.4. The largest absolute Gasteiger partial charge is 0.508 e. The third-order valence-electron chi connectivity index (χ3n) is 8.86. The normalized spacial score (nSPS) is 17.4. The molecule has 0 radical (unpaired) electrons. The molecule has 5 rings (SSSR count). The monoisotopic (exact) mass is 500 g/mol. The number of aromatic hydroxyl groups is 4. The summed E-state index contributed by atoms with van der Waals surface area (Å²) in [6, 6.07) is 12.7. The summed E-state index contributed by atoms with van der Waals surface area (Å²) < 4.78 is 0. The van der Waals surface area contributed by atoms with E-state index in [-0.39, 0.29) is 17.4 Å². The van der Waals surface area contributed by atoms with E-state index in [0.29, 0.717) is 28.9 Å². The maximum absolute atomic E-state index is 11.0. The van der Waals surface area contributed by atoms with Gasteiger partial charge in [0.05, 0.1) is 0 Å². The van der Waals surface area contributed by atoms with Gasteiger partial charge >= 0.3 is 0 Å². The van der Waals surface area contributed by atoms with Crippen LogP contribution in [0.15, 0.2) is 42.5 Å². The van der Waals surface area contributed by atoms with Crippen LogP contribution in [0.25, 0.3) is 0 Å². The fourth-order valence-corrected chi connectivity index (χ4v) is 6.83. The molecule has 0 bridgehead atoms. The quantitative estimate of drug-likeness (QED) is 0.209. The van der Waals surface area contributed by atoms with Crippen LogP contribution in [0.4, 0.5) is 0 Å². The van der Waals surface area contributed by atoms with E-state index in [1.165, 1.54) is 44.6 Å². The van der Waals surface area contributed by atoms with E-state index in [4.69, 9.17) is 0 Å². The summed E-state index contributed by atoms with van der Waals surface area (Å²) in [5.41, 5.74) is 6.51. The summed E-state index contributed by atoms with van der Waals surface area (Å²) in [6.45, 7) is 4.01. The summed E-state index contributed by atoms with van der Waals surface area (Å²) in [7, 11) is 0. The van der Waals surface area contributed by atoms with Gasteiger partial charge in [0, 0.05) is 11.5 Å². The molecule has 0 saturated heterocycles. The molecule has 3 aromatic rings. The van der Waals surface area contributed by atoms with Gasteiger partial charge in [-0.3, -0.25) is 0 Å². The number of hydrogen-bond acceptors (Lipinski definition) is 4. The molecule has 196 valence electrons. The summed E-state index contributed by atoms with van der Waals surface area (Å²) in [6.07, 6.45) is 11.5. The van der Waals surface area contributed by atoms with E-state index in [0.717, 1.165) is 59.1 Å². The van der Waals surface area contributed by atoms with Crippen LogP contribution in [0.1, 0.15) is 121 Å². The van der Waals surface area contributed by atoms with Crippen molar-refractivity contribution in [2.45, 2.75) is 95.8 Å². The Balaban J connectivity index is 1.72. The van der Waals surface area contributed by atoms with E-state index in [1.54, 1.807) is 12.1 Å². The molecule has 2 aliphatic rings. The van der Waals surface area contributed by atoms with Crippen molar-refractivity contribution in [1.82, 2.24) is 0 Å². The minimum atomic E-state index is -0.349. The Morgan fingerprint density at radius 2 is 1.00 bits per heavy atom. The van der Waals surface area contributed by atoms with Crippen molar-refractivity contribution in [3.05, 3.63) is 81.4 Å². The first-order valence-electron chi connectivity index (χ1n) is 14.0. The summed E-state index contributed by atoms with van der Waals surface area (Å²) in [5.74, 6) is 1.22. The van der Waals surface area contributed by atoms with Crippen LogP contribution < -0.4 is 0 Å². The van der Waals surface area contributed by atoms with Crippen LogP contribution in [0.5, 0.6) is 23.0 Å². The molecule has 0 amide bonds. The third-order valence-corrected chi connectivity index (χ3v) is 8.86. The zero-order valence-corrected chi connectivity index (χ0v) is 22.1. The van der Waals surface area contributed by atoms with Gasteiger partial charge < -0.3 is 20.4 Å². The number of phenolic OH excluding ortho intramolecular Hbond substituents is 4. The molecule has 0 atom stereocenters. The Hall–Kier alpha value is -3.14. The average molecular weight is 501 g/mol. The number of phenols is 4. The van der Waals surface area contributed by atoms with E-state index < -0.39 is 0 Å². The highest BCUT2D eigenvalue weighted by molar-refractivity contribution is 5.58. The van der Waals surface area contributed by atoms with Crippen LogP contribution in [0.3, 0.4) is 0 Å². The lowest BCUT2D eigenvalue weighted by atomic mass is 9.75. The van der Waals surface area contributed by atoms with E-state index in [9.17, 15) is 20.4 Å². The Labute approximate surface area is 220 Å². The van der Waals surface area contributed by atoms with Gasteiger partial charge in [-0.25, -0.2) is 0 Å². The highest BCUT2D eigenvalue weighted by Crippen LogP contribution is 2.47. The Morgan fingerprint density at radius 3 is 1.46 bits per heavy atom. The second kappa shape index (κ2) is 10.7. The maximum Gasteiger partial charge on any atom is 0.120 e. The van der Waals surface area contributed by atoms with Crippen molar-refractivity contribution in [2.24, 2.45) is 0 Å². The number of benzene rings is 3. The Kier molecular flexibility index (Phi) is 7.37. The topological polar surface area (TPSA) is 80.9 Å². The van der Waals surface area contributed by atoms with Gasteiger partial charge in [0.15, 0.2) is 0 Å². The summed E-state index contributed by atoms with van der Waals surface area (Å²) in [4.78, 5) is 0. The van der Waals surface area contributed by atoms with E-state index in [2.05, 4.69) is 12.1 Å². The second-order valence-electron chi connectivity index (χ2n) is 11.4. The molecule has 0 spiro atoms. The Bertz CT molecular complexity index is 1190. The SMILES string of the molecule is Cc1cc(O)c(C2CCCCC2)cc1C(c1cc(C2CCCCC2)c(O)cc1C)c1cc(O)ccc1O. The Morgan fingerprint density at radius 1 is 0.541 bits per heavy atom. The third kappa shape index (κ3) is 5.16. The zero-order chi connectivity index (χ0) is 26.1. The highest BCUT2D eigenvalue weighted by Gasteiger charge is 2.29. The molecule has 0 aliphatic heterocycles. The van der Waals surface area contributed by atoms with Crippen molar-refractivity contribution >= 4 is 0 Å². The molecule has 0 aromatic heterocycles. The highest BCUT2D eigenvalue weighted by atomic mass is 16.3. The molecule has 37 heavy (non-hydrogen) atoms. The van der Waals surface area contributed by atoms with Crippen molar-refractivity contribution in [2.75, 3.05) is 0 Å². The van der Waals surface area contributed by atoms with Crippen molar-refractivity contribution in [3.63, 3.8) is 0 Å². The molecule has 2 aliphatic carbocycles. The van der Waals surface area contributed by atoms with Gasteiger partial charge in [0.2, 0.25) is 0 Å². The van der Waals surface area contributed by atoms with Crippen molar-refractivity contribution in [1.29, 1.82) is 0 Å². The van der Waals surface area contributed by atoms with Gasteiger partial charge in [0.1, 0.15) is 23.0 Å². The molecule has 0 unspecified atom stereocenters. The van der Waals surface area contributed by atoms with Gasteiger partial charge in [-0.1, -0.05) is 50.7 Å². The predicted molar refractivity (Wildman–Crippen MR) is 148 cm³/mol. The molecule has 2 saturated carbocycles. The lowest BCUT2D eigenvalue weighted by Crippen LogP contribution is -2.12. The molecule has 4 nitrogen and oxygen atoms in total. The van der Waals surface area contributed by atoms with Crippen LogP contribution in [-0.4, -0.2) is 20.4 Å². The number of rotatable bonds is 5. The van der Waals surface area contributed by atoms with E-state index in [1.807, 2.05) is 26.0 Å². The predicted octanol–water partition coefficient (Wildman–Crippen LogP) is 8.40. The number of hydrogen-bond donors (Lipinski definition) is 4. The molecule has 2 fully saturated rings. The fraction of sp³-hybridized carbons (Fsp3) is 0.455. The molecule has 4 N–H and O–H groups in total. The maximum atomic E-state index is 11.0. The van der Waals surface area contributed by atoms with Crippen LogP contribution in [0.2, 0.25) is 0 Å². The summed E-state index contributed by atoms with van der Waals surface area (Å²) in [5, 5.41) is 43.4. The minimum absolute atomic E-state index is 0.102. The van der Waals surface area contributed by atoms with Gasteiger partial charge in [-0.2, -0.15) is 0 Å². The van der Waals surface area contributed by atoms with Gasteiger partial charge in [-0.15, -0.1) is 0 Å². The number of aryl methyl sites for hydroxylation is 2. The van der Waals surface area contributed by atoms with Gasteiger partial charge in [0.25, 0.3) is 0 Å². The van der Waals surface area contributed by atoms with Crippen LogP contribution in [0, 0.1) is 13.8 Å². The fourth-order valence-electron chi connectivity index (χ4n) is 6.83. The zero-order valence-electron chi connectivity index (χ0n) is 22.1. The smallest absolute Gasteiger partial charge is 0.120 e. The molecule has 0 heterocycles. The van der Waals surface area contributed by atoms with Crippen molar-refractivity contribution in [3.8, 4) is 23.0 Å². The standard InChI is InChI=1S/C33H40O4/c1-20-15-31(36)27(22-9-5-3-6-10-22)18-25(20)33(29-17-24(34)13-14-30(29)35)26-19-28(32(37)16-21(26)2)23-11-7-4-8-12-23/h13-19,22-23,33-37H,3-12H2,1-2H3. The molecular formula is C33H40O4. The first-order valence-corrected chi connectivity index (χ1v) is 14.0. The van der Waals surface area contributed by atoms with Crippen molar-refractivity contribution < 1.29 is 20.4 Å². The molecule has 3 aromatic carbocycles. The minimum Gasteiger partial charge on any atom is -0.508 e. The van der Waals surface area contributed by atoms with Crippen LogP contribution >= 0.6 is 0 Å². The van der Waals surface area contributed by atoms with Crippen LogP contribution in [-0.2, 0) is 0 Å². The molecule has 4 heteroatoms. The lowest BCUT2D eigenvalue weighted by molar-refractivity contribution is 0.413. The first-order chi connectivity index (χ1) is 17.8. The van der Waals surface area contributed by atoms with Gasteiger partial charge in [-0.05, 0) is 115 Å². The summed E-state index contributed by atoms with van der Waals surface area (Å²) >= 11 is 0. The van der Waals surface area contributed by atoms with E-state index >= 15 is 0 Å². The first kappa shape index (κ1) is 25.5. The molecular weight excluding hydrogens is 460 g/mol. The lowest BCUT2D eigenvalue weighted by Gasteiger charge is -2.29. The average Bonchev–Trinajstić information content (AvgIpc) is 2.89.